The van der Waals surface area contributed by atoms with Gasteiger partial charge in [0.05, 0.1) is 6.10 Å². The van der Waals surface area contributed by atoms with E-state index in [0.29, 0.717) is 23.9 Å². The van der Waals surface area contributed by atoms with E-state index in [4.69, 9.17) is 4.52 Å². The number of hydrogen-bond donors (Lipinski definition) is 0. The Morgan fingerprint density at radius 1 is 1.35 bits per heavy atom. The molecule has 1 aliphatic carbocycles. The van der Waals surface area contributed by atoms with E-state index >= 15 is 0 Å². The highest BCUT2D eigenvalue weighted by molar-refractivity contribution is 7.56. The second-order valence-corrected chi connectivity index (χ2v) is 10.4. The molecule has 1 heterocycles. The molecule has 4 heteroatoms. The monoisotopic (exact) mass is 301 g/mol. The topological polar surface area (TPSA) is 29.5 Å². The third-order valence-electron chi connectivity index (χ3n) is 5.23. The van der Waals surface area contributed by atoms with Crippen molar-refractivity contribution in [2.75, 3.05) is 12.7 Å². The molecule has 3 nitrogen and oxygen atoms in total. The number of rotatable bonds is 3. The summed E-state index contributed by atoms with van der Waals surface area (Å²) in [7, 11) is -2.66. The summed E-state index contributed by atoms with van der Waals surface area (Å²) in [6, 6.07) is 0. The lowest BCUT2D eigenvalue weighted by Gasteiger charge is -2.57. The van der Waals surface area contributed by atoms with Crippen LogP contribution in [0.2, 0.25) is 0 Å². The van der Waals surface area contributed by atoms with Gasteiger partial charge in [-0.05, 0) is 38.5 Å². The van der Waals surface area contributed by atoms with Gasteiger partial charge in [0.1, 0.15) is 0 Å². The highest BCUT2D eigenvalue weighted by atomic mass is 31.2. The molecule has 1 saturated heterocycles. The Balaban J connectivity index is 2.33. The molecule has 4 atom stereocenters. The summed E-state index contributed by atoms with van der Waals surface area (Å²) in [6.07, 6.45) is 4.38. The molecular weight excluding hydrogens is 269 g/mol. The lowest BCUT2D eigenvalue weighted by atomic mass is 9.71. The van der Waals surface area contributed by atoms with Crippen LogP contribution in [0, 0.1) is 17.8 Å². The Kier molecular flexibility index (Phi) is 4.74. The fraction of sp³-hybridized carbons (Fsp3) is 1.00. The fourth-order valence-electron chi connectivity index (χ4n) is 4.06. The van der Waals surface area contributed by atoms with Crippen LogP contribution in [0.4, 0.5) is 0 Å². The molecule has 0 aromatic carbocycles. The Morgan fingerprint density at radius 2 is 2.00 bits per heavy atom. The van der Waals surface area contributed by atoms with Gasteiger partial charge in [0.2, 0.25) is 0 Å². The maximum absolute atomic E-state index is 13.3. The minimum absolute atomic E-state index is 0.0150. The second kappa shape index (κ2) is 5.74. The van der Waals surface area contributed by atoms with Crippen LogP contribution in [0.25, 0.3) is 0 Å². The second-order valence-electron chi connectivity index (χ2n) is 7.75. The molecule has 1 aliphatic heterocycles. The quantitative estimate of drug-likeness (QED) is 0.703. The van der Waals surface area contributed by atoms with Gasteiger partial charge in [-0.3, -0.25) is 4.57 Å². The van der Waals surface area contributed by atoms with Gasteiger partial charge in [-0.1, -0.05) is 34.1 Å². The van der Waals surface area contributed by atoms with Crippen molar-refractivity contribution in [3.8, 4) is 0 Å². The minimum atomic E-state index is -2.66. The van der Waals surface area contributed by atoms with Gasteiger partial charge in [0.15, 0.2) is 0 Å². The van der Waals surface area contributed by atoms with Crippen molar-refractivity contribution in [2.24, 2.45) is 17.8 Å². The van der Waals surface area contributed by atoms with Gasteiger partial charge < -0.3 is 4.52 Å². The third-order valence-corrected chi connectivity index (χ3v) is 8.05. The summed E-state index contributed by atoms with van der Waals surface area (Å²) >= 11 is 0. The first-order valence-corrected chi connectivity index (χ1v) is 10.0. The van der Waals surface area contributed by atoms with Crippen molar-refractivity contribution < 1.29 is 9.09 Å². The van der Waals surface area contributed by atoms with E-state index < -0.39 is 7.52 Å². The van der Waals surface area contributed by atoms with Gasteiger partial charge in [-0.25, -0.2) is 4.67 Å². The molecule has 20 heavy (non-hydrogen) atoms. The van der Waals surface area contributed by atoms with Gasteiger partial charge in [0.25, 0.3) is 7.52 Å². The standard InChI is InChI=1S/C16H32NO2P/c1-7-20(18)17(11-12(2)3)16(5,6)14-9-8-13(4)10-15(14)19-20/h12-15H,7-11H2,1-6H3/t13-,14-,15-,20?/m1/s1. The number of hydrogen-bond acceptors (Lipinski definition) is 2. The summed E-state index contributed by atoms with van der Waals surface area (Å²) in [4.78, 5) is 0. The van der Waals surface area contributed by atoms with Gasteiger partial charge in [-0.15, -0.1) is 0 Å². The van der Waals surface area contributed by atoms with Crippen molar-refractivity contribution in [3.63, 3.8) is 0 Å². The third kappa shape index (κ3) is 2.87. The summed E-state index contributed by atoms with van der Waals surface area (Å²) < 4.78 is 21.8. The largest absolute Gasteiger partial charge is 0.314 e. The highest BCUT2D eigenvalue weighted by Crippen LogP contribution is 2.63. The lowest BCUT2D eigenvalue weighted by molar-refractivity contribution is -0.0504. The molecule has 1 saturated carbocycles. The van der Waals surface area contributed by atoms with Crippen molar-refractivity contribution in [2.45, 2.75) is 72.4 Å². The first-order valence-electron chi connectivity index (χ1n) is 8.26. The molecule has 0 amide bonds. The molecular formula is C16H32NO2P. The molecule has 0 radical (unpaired) electrons. The molecule has 2 rings (SSSR count). The predicted octanol–water partition coefficient (Wildman–Crippen LogP) is 4.77. The zero-order chi connectivity index (χ0) is 15.1. The van der Waals surface area contributed by atoms with Crippen LogP contribution >= 0.6 is 7.52 Å². The van der Waals surface area contributed by atoms with Crippen molar-refractivity contribution in [3.05, 3.63) is 0 Å². The summed E-state index contributed by atoms with van der Waals surface area (Å²) in [5, 5.41) is 0. The highest BCUT2D eigenvalue weighted by Gasteiger charge is 2.54. The molecule has 0 N–H and O–H groups in total. The molecule has 1 unspecified atom stereocenters. The van der Waals surface area contributed by atoms with Crippen LogP contribution in [0.15, 0.2) is 0 Å². The van der Waals surface area contributed by atoms with Crippen LogP contribution in [0.1, 0.15) is 60.8 Å². The van der Waals surface area contributed by atoms with E-state index in [1.165, 1.54) is 12.8 Å². The van der Waals surface area contributed by atoms with E-state index in [2.05, 4.69) is 39.3 Å². The van der Waals surface area contributed by atoms with Crippen LogP contribution in [0.5, 0.6) is 0 Å². The van der Waals surface area contributed by atoms with E-state index in [1.54, 1.807) is 0 Å². The number of fused-ring (bicyclic) bond motifs is 1. The molecule has 0 bridgehead atoms. The van der Waals surface area contributed by atoms with Gasteiger partial charge >= 0.3 is 0 Å². The Labute approximate surface area is 125 Å². The first-order chi connectivity index (χ1) is 9.20. The van der Waals surface area contributed by atoms with Crippen LogP contribution in [0.3, 0.4) is 0 Å². The molecule has 118 valence electrons. The normalized spacial score (nSPS) is 41.6. The van der Waals surface area contributed by atoms with Gasteiger partial charge in [-0.2, -0.15) is 0 Å². The predicted molar refractivity (Wildman–Crippen MR) is 85.1 cm³/mol. The van der Waals surface area contributed by atoms with Crippen molar-refractivity contribution in [1.29, 1.82) is 0 Å². The molecule has 2 fully saturated rings. The molecule has 0 aromatic rings. The summed E-state index contributed by atoms with van der Waals surface area (Å²) in [5.74, 6) is 1.73. The summed E-state index contributed by atoms with van der Waals surface area (Å²) in [5.41, 5.74) is -0.0150. The Bertz CT molecular complexity index is 394. The summed E-state index contributed by atoms with van der Waals surface area (Å²) in [6.45, 7) is 14.1. The van der Waals surface area contributed by atoms with Crippen molar-refractivity contribution in [1.82, 2.24) is 4.67 Å². The Morgan fingerprint density at radius 3 is 2.55 bits per heavy atom. The van der Waals surface area contributed by atoms with E-state index in [-0.39, 0.29) is 11.6 Å². The maximum atomic E-state index is 13.3. The van der Waals surface area contributed by atoms with E-state index in [0.717, 1.165) is 13.0 Å². The van der Waals surface area contributed by atoms with Gasteiger partial charge in [0, 0.05) is 24.2 Å². The average Bonchev–Trinajstić information content (AvgIpc) is 2.34. The van der Waals surface area contributed by atoms with E-state index in [9.17, 15) is 4.57 Å². The number of nitrogens with zero attached hydrogens (tertiary/aromatic N) is 1. The van der Waals surface area contributed by atoms with E-state index in [1.807, 2.05) is 6.92 Å². The molecule has 2 aliphatic rings. The Hall–Kier alpha value is 0.150. The minimum Gasteiger partial charge on any atom is -0.314 e. The van der Waals surface area contributed by atoms with Crippen LogP contribution in [-0.4, -0.2) is 29.0 Å². The lowest BCUT2D eigenvalue weighted by Crippen LogP contribution is -2.58. The zero-order valence-corrected chi connectivity index (χ0v) is 15.0. The van der Waals surface area contributed by atoms with Crippen LogP contribution < -0.4 is 0 Å². The molecule has 0 aromatic heterocycles. The SMILES string of the molecule is CCP1(=O)O[C@@H]2C[C@H](C)CC[C@H]2C(C)(C)N1CC(C)C. The van der Waals surface area contributed by atoms with Crippen LogP contribution in [-0.2, 0) is 9.09 Å². The smallest absolute Gasteiger partial charge is 0.272 e. The first kappa shape index (κ1) is 16.5. The zero-order valence-electron chi connectivity index (χ0n) is 14.1. The average molecular weight is 301 g/mol. The molecule has 0 spiro atoms. The fourth-order valence-corrected chi connectivity index (χ4v) is 6.83. The maximum Gasteiger partial charge on any atom is 0.272 e. The van der Waals surface area contributed by atoms with Crippen molar-refractivity contribution >= 4 is 7.52 Å².